The lowest BCUT2D eigenvalue weighted by Gasteiger charge is -2.44. The van der Waals surface area contributed by atoms with Crippen molar-refractivity contribution in [3.05, 3.63) is 29.8 Å². The molecule has 1 aromatic rings. The van der Waals surface area contributed by atoms with E-state index < -0.39 is 72.9 Å². The van der Waals surface area contributed by atoms with Gasteiger partial charge < -0.3 is 34.3 Å². The molecule has 0 bridgehead atoms. The first-order valence-corrected chi connectivity index (χ1v) is 11.8. The van der Waals surface area contributed by atoms with E-state index >= 15 is 0 Å². The molecule has 0 aromatic heterocycles. The minimum atomic E-state index is -1.53. The molecule has 2 N–H and O–H groups in total. The molecule has 0 spiro atoms. The topological polar surface area (TPSA) is 190 Å². The van der Waals surface area contributed by atoms with E-state index in [4.69, 9.17) is 23.7 Å². The summed E-state index contributed by atoms with van der Waals surface area (Å²) in [5.41, 5.74) is 0.423. The normalized spacial score (nSPS) is 22.0. The zero-order valence-electron chi connectivity index (χ0n) is 22.0. The number of hydrogen-bond acceptors (Lipinski definition) is 12. The molecule has 2 amide bonds. The summed E-state index contributed by atoms with van der Waals surface area (Å²) >= 11 is 0. The highest BCUT2D eigenvalue weighted by molar-refractivity contribution is 6.03. The van der Waals surface area contributed by atoms with Gasteiger partial charge in [-0.25, -0.2) is 0 Å². The van der Waals surface area contributed by atoms with Crippen LogP contribution in [0.15, 0.2) is 24.3 Å². The van der Waals surface area contributed by atoms with Crippen LogP contribution < -0.4 is 10.6 Å². The first-order valence-electron chi connectivity index (χ1n) is 11.8. The Balaban J connectivity index is 2.36. The largest absolute Gasteiger partial charge is 0.463 e. The van der Waals surface area contributed by atoms with Crippen molar-refractivity contribution in [2.75, 3.05) is 11.9 Å². The number of carbonyl (C=O) groups is 7. The predicted molar refractivity (Wildman–Crippen MR) is 130 cm³/mol. The van der Waals surface area contributed by atoms with Crippen LogP contribution in [0, 0.1) is 0 Å². The van der Waals surface area contributed by atoms with E-state index in [1.807, 2.05) is 0 Å². The Bertz CT molecular complexity index is 1120. The van der Waals surface area contributed by atoms with Crippen molar-refractivity contribution in [3.8, 4) is 0 Å². The van der Waals surface area contributed by atoms with Crippen LogP contribution in [0.2, 0.25) is 0 Å². The maximum atomic E-state index is 13.1. The summed E-state index contributed by atoms with van der Waals surface area (Å²) in [6.07, 6.45) is -5.84. The molecule has 0 radical (unpaired) electrons. The smallest absolute Gasteiger partial charge is 0.305 e. The Morgan fingerprint density at radius 2 is 1.33 bits per heavy atom. The molecular formula is C25H30N2O12. The molecule has 5 unspecified atom stereocenters. The van der Waals surface area contributed by atoms with E-state index in [-0.39, 0.29) is 17.8 Å². The zero-order valence-corrected chi connectivity index (χ0v) is 22.0. The maximum Gasteiger partial charge on any atom is 0.305 e. The first-order chi connectivity index (χ1) is 18.3. The fourth-order valence-electron chi connectivity index (χ4n) is 3.69. The second-order valence-corrected chi connectivity index (χ2v) is 8.61. The number of rotatable bonds is 10. The third kappa shape index (κ3) is 9.81. The number of ketones is 1. The minimum absolute atomic E-state index is 0.0915. The fraction of sp³-hybridized carbons (Fsp3) is 0.480. The highest BCUT2D eigenvalue weighted by atomic mass is 16.7. The van der Waals surface area contributed by atoms with Gasteiger partial charge in [0.05, 0.1) is 6.42 Å². The molecule has 0 aliphatic carbocycles. The van der Waals surface area contributed by atoms with Crippen LogP contribution in [0.1, 0.15) is 51.4 Å². The molecule has 212 valence electrons. The van der Waals surface area contributed by atoms with Gasteiger partial charge in [-0.15, -0.1) is 0 Å². The molecule has 1 aromatic carbocycles. The van der Waals surface area contributed by atoms with Gasteiger partial charge in [0, 0.05) is 38.9 Å². The van der Waals surface area contributed by atoms with Crippen molar-refractivity contribution >= 4 is 47.2 Å². The summed E-state index contributed by atoms with van der Waals surface area (Å²) in [6, 6.07) is 4.23. The van der Waals surface area contributed by atoms with Gasteiger partial charge in [-0.05, 0) is 31.2 Å². The summed E-state index contributed by atoms with van der Waals surface area (Å²) in [4.78, 5) is 83.0. The number of esters is 4. The van der Waals surface area contributed by atoms with E-state index in [0.29, 0.717) is 5.69 Å². The lowest BCUT2D eigenvalue weighted by molar-refractivity contribution is -0.270. The molecule has 1 aliphatic heterocycles. The van der Waals surface area contributed by atoms with E-state index in [2.05, 4.69) is 10.6 Å². The van der Waals surface area contributed by atoms with Crippen molar-refractivity contribution in [1.29, 1.82) is 0 Å². The number of carbonyl (C=O) groups excluding carboxylic acids is 7. The quantitative estimate of drug-likeness (QED) is 0.232. The number of benzene rings is 1. The van der Waals surface area contributed by atoms with Gasteiger partial charge in [0.15, 0.2) is 12.2 Å². The number of amides is 2. The lowest BCUT2D eigenvalue weighted by atomic mass is 9.95. The number of anilines is 1. The fourth-order valence-corrected chi connectivity index (χ4v) is 3.69. The van der Waals surface area contributed by atoms with E-state index in [9.17, 15) is 33.6 Å². The zero-order chi connectivity index (χ0) is 29.3. The molecule has 2 rings (SSSR count). The molecule has 39 heavy (non-hydrogen) atoms. The monoisotopic (exact) mass is 550 g/mol. The van der Waals surface area contributed by atoms with Crippen LogP contribution in [0.25, 0.3) is 0 Å². The second kappa shape index (κ2) is 14.0. The van der Waals surface area contributed by atoms with Crippen molar-refractivity contribution in [2.45, 2.75) is 71.7 Å². The van der Waals surface area contributed by atoms with E-state index in [1.165, 1.54) is 31.2 Å². The first kappa shape index (κ1) is 30.9. The summed E-state index contributed by atoms with van der Waals surface area (Å²) in [6.45, 7) is 5.23. The number of Topliss-reactive ketones (excluding diaryl/α,β-unsaturated/α-hetero) is 1. The van der Waals surface area contributed by atoms with Crippen LogP contribution in [-0.2, 0) is 52.5 Å². The van der Waals surface area contributed by atoms with Gasteiger partial charge in [-0.1, -0.05) is 0 Å². The highest BCUT2D eigenvalue weighted by Gasteiger charge is 2.52. The summed E-state index contributed by atoms with van der Waals surface area (Å²) in [7, 11) is 0. The molecular weight excluding hydrogens is 520 g/mol. The van der Waals surface area contributed by atoms with Crippen LogP contribution in [0.3, 0.4) is 0 Å². The van der Waals surface area contributed by atoms with Crippen molar-refractivity contribution in [1.82, 2.24) is 5.32 Å². The molecule has 1 fully saturated rings. The van der Waals surface area contributed by atoms with Gasteiger partial charge >= 0.3 is 23.9 Å². The summed E-state index contributed by atoms with van der Waals surface area (Å²) < 4.78 is 26.6. The van der Waals surface area contributed by atoms with Crippen LogP contribution >= 0.6 is 0 Å². The Kier molecular flexibility index (Phi) is 11.1. The Morgan fingerprint density at radius 3 is 1.85 bits per heavy atom. The Labute approximate surface area is 223 Å². The van der Waals surface area contributed by atoms with Crippen LogP contribution in [0.5, 0.6) is 0 Å². The van der Waals surface area contributed by atoms with Crippen molar-refractivity contribution < 1.29 is 57.2 Å². The molecule has 1 heterocycles. The molecule has 14 nitrogen and oxygen atoms in total. The van der Waals surface area contributed by atoms with Crippen molar-refractivity contribution in [3.63, 3.8) is 0 Å². The third-order valence-electron chi connectivity index (χ3n) is 5.12. The molecule has 1 aliphatic rings. The van der Waals surface area contributed by atoms with Crippen LogP contribution in [0.4, 0.5) is 5.69 Å². The van der Waals surface area contributed by atoms with Crippen molar-refractivity contribution in [2.24, 2.45) is 0 Å². The van der Waals surface area contributed by atoms with E-state index in [1.54, 1.807) is 0 Å². The third-order valence-corrected chi connectivity index (χ3v) is 5.12. The average molecular weight is 551 g/mol. The molecule has 0 saturated carbocycles. The maximum absolute atomic E-state index is 13.1. The van der Waals surface area contributed by atoms with Gasteiger partial charge in [-0.2, -0.15) is 0 Å². The molecule has 14 heteroatoms. The standard InChI is InChI=1S/C25H30N2O12/c1-12(28)10-20(33)26-18-8-6-17(7-9-18)24(34)27-21-23(37-15(4)31)22(36-14(3)30)19(11-35-13(2)29)39-25(21)38-16(5)32/h6-9,19,21-23,25H,10-11H2,1-5H3,(H,26,33)(H,27,34). The number of ether oxygens (including phenoxy) is 5. The molecule has 5 atom stereocenters. The second-order valence-electron chi connectivity index (χ2n) is 8.61. The number of hydrogen-bond donors (Lipinski definition) is 2. The average Bonchev–Trinajstić information content (AvgIpc) is 2.80. The van der Waals surface area contributed by atoms with Gasteiger partial charge in [0.25, 0.3) is 5.91 Å². The summed E-state index contributed by atoms with van der Waals surface area (Å²) in [5.74, 6) is -4.63. The minimum Gasteiger partial charge on any atom is -0.463 e. The van der Waals surface area contributed by atoms with Gasteiger partial charge in [-0.3, -0.25) is 33.6 Å². The molecule has 1 saturated heterocycles. The van der Waals surface area contributed by atoms with Crippen LogP contribution in [-0.4, -0.2) is 78.7 Å². The highest BCUT2D eigenvalue weighted by Crippen LogP contribution is 2.28. The predicted octanol–water partition coefficient (Wildman–Crippen LogP) is 0.417. The number of nitrogens with one attached hydrogen (secondary N) is 2. The lowest BCUT2D eigenvalue weighted by Crippen LogP contribution is -2.67. The SMILES string of the molecule is CC(=O)CC(=O)Nc1ccc(C(=O)NC2C(OC(C)=O)OC(COC(C)=O)C(OC(C)=O)C2OC(C)=O)cc1. The Morgan fingerprint density at radius 1 is 0.769 bits per heavy atom. The summed E-state index contributed by atoms with van der Waals surface area (Å²) in [5, 5.41) is 5.09. The van der Waals surface area contributed by atoms with Gasteiger partial charge in [0.1, 0.15) is 24.5 Å². The Hall–Kier alpha value is -4.33. The van der Waals surface area contributed by atoms with Gasteiger partial charge in [0.2, 0.25) is 12.2 Å². The van der Waals surface area contributed by atoms with E-state index in [0.717, 1.165) is 27.7 Å².